The van der Waals surface area contributed by atoms with Gasteiger partial charge in [0.15, 0.2) is 5.13 Å². The first kappa shape index (κ1) is 14.5. The van der Waals surface area contributed by atoms with Crippen LogP contribution in [0.25, 0.3) is 21.5 Å². The summed E-state index contributed by atoms with van der Waals surface area (Å²) in [6, 6.07) is 11.4. The fraction of sp³-hybridized carbons (Fsp3) is 0.0588. The molecule has 0 spiro atoms. The number of nitrogens with one attached hydrogen (secondary N) is 2. The van der Waals surface area contributed by atoms with Gasteiger partial charge < -0.3 is 0 Å². The van der Waals surface area contributed by atoms with E-state index in [0.29, 0.717) is 16.5 Å². The second-order valence-electron chi connectivity index (χ2n) is 5.35. The maximum atomic E-state index is 12.4. The van der Waals surface area contributed by atoms with E-state index in [1.807, 2.05) is 31.2 Å². The van der Waals surface area contributed by atoms with Crippen LogP contribution in [-0.4, -0.2) is 26.1 Å². The molecule has 0 saturated heterocycles. The Kier molecular flexibility index (Phi) is 3.55. The maximum Gasteiger partial charge on any atom is 0.275 e. The number of aryl methyl sites for hydroxylation is 1. The van der Waals surface area contributed by atoms with Crippen molar-refractivity contribution in [3.63, 3.8) is 0 Å². The molecule has 0 saturated carbocycles. The Hall–Kier alpha value is -3.06. The molecule has 118 valence electrons. The Morgan fingerprint density at radius 3 is 3.00 bits per heavy atom. The number of anilines is 1. The van der Waals surface area contributed by atoms with Crippen LogP contribution in [0.1, 0.15) is 16.1 Å². The molecule has 0 unspecified atom stereocenters. The van der Waals surface area contributed by atoms with E-state index in [4.69, 9.17) is 0 Å². The highest BCUT2D eigenvalue weighted by Gasteiger charge is 2.13. The third-order valence-electron chi connectivity index (χ3n) is 3.54. The van der Waals surface area contributed by atoms with Crippen molar-refractivity contribution in [2.24, 2.45) is 0 Å². The number of hydrogen-bond acceptors (Lipinski definition) is 5. The molecule has 3 aromatic heterocycles. The number of pyridine rings is 1. The van der Waals surface area contributed by atoms with Gasteiger partial charge in [-0.25, -0.2) is 4.98 Å². The number of fused-ring (bicyclic) bond motifs is 1. The summed E-state index contributed by atoms with van der Waals surface area (Å²) < 4.78 is 1.05. The van der Waals surface area contributed by atoms with E-state index in [-0.39, 0.29) is 5.91 Å². The van der Waals surface area contributed by atoms with Crippen LogP contribution in [0, 0.1) is 6.92 Å². The third-order valence-corrected chi connectivity index (χ3v) is 4.48. The molecule has 3 heterocycles. The molecule has 0 atom stereocenters. The number of rotatable bonds is 3. The Bertz CT molecular complexity index is 1020. The van der Waals surface area contributed by atoms with Crippen LogP contribution in [0.3, 0.4) is 0 Å². The number of thiazole rings is 1. The quantitative estimate of drug-likeness (QED) is 0.599. The lowest BCUT2D eigenvalue weighted by atomic mass is 10.2. The summed E-state index contributed by atoms with van der Waals surface area (Å²) >= 11 is 1.45. The van der Waals surface area contributed by atoms with E-state index in [2.05, 4.69) is 31.5 Å². The van der Waals surface area contributed by atoms with Crippen molar-refractivity contribution in [3.05, 3.63) is 60.0 Å². The smallest absolute Gasteiger partial charge is 0.275 e. The monoisotopic (exact) mass is 335 g/mol. The number of H-pyrrole nitrogens is 1. The molecule has 2 N–H and O–H groups in total. The highest BCUT2D eigenvalue weighted by molar-refractivity contribution is 7.22. The van der Waals surface area contributed by atoms with Crippen molar-refractivity contribution in [2.75, 3.05) is 5.32 Å². The predicted molar refractivity (Wildman–Crippen MR) is 94.1 cm³/mol. The van der Waals surface area contributed by atoms with Crippen molar-refractivity contribution < 1.29 is 4.79 Å². The molecule has 4 rings (SSSR count). The van der Waals surface area contributed by atoms with Gasteiger partial charge in [-0.3, -0.25) is 20.2 Å². The summed E-state index contributed by atoms with van der Waals surface area (Å²) in [6.07, 6.45) is 3.40. The SMILES string of the molecule is Cc1ccc2nc(NC(=O)c3cc(-c4cccnc4)n[nH]3)sc2c1. The highest BCUT2D eigenvalue weighted by atomic mass is 32.1. The molecule has 4 aromatic rings. The highest BCUT2D eigenvalue weighted by Crippen LogP contribution is 2.27. The van der Waals surface area contributed by atoms with Crippen LogP contribution in [0.15, 0.2) is 48.8 Å². The first-order chi connectivity index (χ1) is 11.7. The zero-order valence-electron chi connectivity index (χ0n) is 12.8. The third kappa shape index (κ3) is 2.77. The summed E-state index contributed by atoms with van der Waals surface area (Å²) in [5.74, 6) is -0.270. The second-order valence-corrected chi connectivity index (χ2v) is 6.38. The molecule has 0 radical (unpaired) electrons. The van der Waals surface area contributed by atoms with Crippen molar-refractivity contribution in [2.45, 2.75) is 6.92 Å². The molecule has 24 heavy (non-hydrogen) atoms. The molecule has 0 fully saturated rings. The minimum atomic E-state index is -0.270. The fourth-order valence-corrected chi connectivity index (χ4v) is 3.31. The van der Waals surface area contributed by atoms with Crippen molar-refractivity contribution in [3.8, 4) is 11.3 Å². The Labute approximate surface area is 141 Å². The molecule has 7 heteroatoms. The first-order valence-electron chi connectivity index (χ1n) is 7.33. The molecule has 1 aromatic carbocycles. The van der Waals surface area contributed by atoms with Gasteiger partial charge in [0, 0.05) is 18.0 Å². The van der Waals surface area contributed by atoms with Gasteiger partial charge in [0.25, 0.3) is 5.91 Å². The van der Waals surface area contributed by atoms with E-state index in [0.717, 1.165) is 15.8 Å². The van der Waals surface area contributed by atoms with Gasteiger partial charge >= 0.3 is 0 Å². The molecule has 0 aliphatic rings. The van der Waals surface area contributed by atoms with Crippen LogP contribution in [0.2, 0.25) is 0 Å². The fourth-order valence-electron chi connectivity index (χ4n) is 2.35. The van der Waals surface area contributed by atoms with Crippen molar-refractivity contribution in [1.82, 2.24) is 20.2 Å². The van der Waals surface area contributed by atoms with Crippen LogP contribution in [-0.2, 0) is 0 Å². The summed E-state index contributed by atoms with van der Waals surface area (Å²) in [5, 5.41) is 10.3. The minimum Gasteiger partial charge on any atom is -0.296 e. The molecule has 0 bridgehead atoms. The summed E-state index contributed by atoms with van der Waals surface area (Å²) in [5.41, 5.74) is 3.95. The van der Waals surface area contributed by atoms with E-state index in [9.17, 15) is 4.79 Å². The van der Waals surface area contributed by atoms with Crippen molar-refractivity contribution in [1.29, 1.82) is 0 Å². The Balaban J connectivity index is 1.56. The van der Waals surface area contributed by atoms with Gasteiger partial charge in [0.1, 0.15) is 5.69 Å². The maximum absolute atomic E-state index is 12.4. The Morgan fingerprint density at radius 2 is 2.17 bits per heavy atom. The normalized spacial score (nSPS) is 10.9. The van der Waals surface area contributed by atoms with E-state index >= 15 is 0 Å². The number of amides is 1. The molecule has 6 nitrogen and oxygen atoms in total. The second kappa shape index (κ2) is 5.86. The van der Waals surface area contributed by atoms with Crippen LogP contribution in [0.5, 0.6) is 0 Å². The molecular weight excluding hydrogens is 322 g/mol. The van der Waals surface area contributed by atoms with Gasteiger partial charge in [0.2, 0.25) is 0 Å². The number of carbonyl (C=O) groups excluding carboxylic acids is 1. The van der Waals surface area contributed by atoms with E-state index < -0.39 is 0 Å². The van der Waals surface area contributed by atoms with Gasteiger partial charge in [0.05, 0.1) is 15.9 Å². The summed E-state index contributed by atoms with van der Waals surface area (Å²) in [4.78, 5) is 20.8. The molecule has 0 aliphatic carbocycles. The number of aromatic amines is 1. The van der Waals surface area contributed by atoms with E-state index in [1.165, 1.54) is 16.9 Å². The standard InChI is InChI=1S/C17H13N5OS/c1-10-4-5-12-15(7-10)24-17(19-12)20-16(23)14-8-13(21-22-14)11-3-2-6-18-9-11/h2-9H,1H3,(H,21,22)(H,19,20,23). The van der Waals surface area contributed by atoms with Gasteiger partial charge in [-0.1, -0.05) is 17.4 Å². The molecule has 1 amide bonds. The average molecular weight is 335 g/mol. The number of aromatic nitrogens is 4. The topological polar surface area (TPSA) is 83.6 Å². The average Bonchev–Trinajstić information content (AvgIpc) is 3.22. The first-order valence-corrected chi connectivity index (χ1v) is 8.15. The zero-order chi connectivity index (χ0) is 16.5. The van der Waals surface area contributed by atoms with Gasteiger partial charge in [-0.05, 0) is 42.8 Å². The van der Waals surface area contributed by atoms with Crippen molar-refractivity contribution >= 4 is 32.6 Å². The molecular formula is C17H13N5OS. The number of carbonyl (C=O) groups is 1. The van der Waals surface area contributed by atoms with Crippen LogP contribution in [0.4, 0.5) is 5.13 Å². The summed E-state index contributed by atoms with van der Waals surface area (Å²) in [6.45, 7) is 2.03. The largest absolute Gasteiger partial charge is 0.296 e. The van der Waals surface area contributed by atoms with Crippen LogP contribution < -0.4 is 5.32 Å². The summed E-state index contributed by atoms with van der Waals surface area (Å²) in [7, 11) is 0. The number of nitrogens with zero attached hydrogens (tertiary/aromatic N) is 3. The lowest BCUT2D eigenvalue weighted by molar-refractivity contribution is 0.102. The molecule has 0 aliphatic heterocycles. The predicted octanol–water partition coefficient (Wildman–Crippen LogP) is 3.64. The number of benzene rings is 1. The lowest BCUT2D eigenvalue weighted by Crippen LogP contribution is -2.11. The van der Waals surface area contributed by atoms with Gasteiger partial charge in [-0.2, -0.15) is 5.10 Å². The van der Waals surface area contributed by atoms with Gasteiger partial charge in [-0.15, -0.1) is 0 Å². The minimum absolute atomic E-state index is 0.270. The Morgan fingerprint density at radius 1 is 1.25 bits per heavy atom. The zero-order valence-corrected chi connectivity index (χ0v) is 13.6. The van der Waals surface area contributed by atoms with E-state index in [1.54, 1.807) is 18.5 Å². The lowest BCUT2D eigenvalue weighted by Gasteiger charge is -1.97. The van der Waals surface area contributed by atoms with Crippen LogP contribution >= 0.6 is 11.3 Å². The number of hydrogen-bond donors (Lipinski definition) is 2.